The zero-order chi connectivity index (χ0) is 19.7. The Hall–Kier alpha value is -3.42. The Bertz CT molecular complexity index is 986. The molecule has 3 rings (SSSR count). The van der Waals surface area contributed by atoms with Gasteiger partial charge in [0.2, 0.25) is 5.82 Å². The van der Waals surface area contributed by atoms with E-state index in [1.807, 2.05) is 0 Å². The number of phenolic OH excluding ortho intramolecular Hbond substituents is 1. The van der Waals surface area contributed by atoms with Gasteiger partial charge in [0.15, 0.2) is 29.1 Å². The first-order valence-electron chi connectivity index (χ1n) is 7.42. The first kappa shape index (κ1) is 18.4. The molecule has 0 unspecified atom stereocenters. The quantitative estimate of drug-likeness (QED) is 0.296. The molecule has 0 aromatic heterocycles. The van der Waals surface area contributed by atoms with Crippen molar-refractivity contribution >= 4 is 5.78 Å². The van der Waals surface area contributed by atoms with Crippen molar-refractivity contribution < 1.29 is 36.6 Å². The smallest absolute Gasteiger partial charge is 0.200 e. The number of ketones is 1. The highest BCUT2D eigenvalue weighted by atomic mass is 19.2. The number of ether oxygens (including phenoxy) is 1. The van der Waals surface area contributed by atoms with Crippen LogP contribution in [0.25, 0.3) is 0 Å². The Labute approximate surface area is 149 Å². The lowest BCUT2D eigenvalue weighted by molar-refractivity contribution is 0.102. The van der Waals surface area contributed by atoms with E-state index in [4.69, 9.17) is 4.74 Å². The zero-order valence-corrected chi connectivity index (χ0v) is 13.3. The van der Waals surface area contributed by atoms with E-state index in [0.717, 1.165) is 12.1 Å². The standard InChI is InChI=1S/C19H9F5O3/c20-14-13(15(21)17(23)18(24)16(14)22)19(26)9-1-5-11(6-2-9)27-12-7-3-10(25)4-8-12/h1-8,25H. The third-order valence-corrected chi connectivity index (χ3v) is 3.63. The van der Waals surface area contributed by atoms with Gasteiger partial charge in [-0.05, 0) is 48.5 Å². The van der Waals surface area contributed by atoms with Crippen molar-refractivity contribution in [2.45, 2.75) is 0 Å². The molecule has 0 atom stereocenters. The molecule has 8 heteroatoms. The Morgan fingerprint density at radius 2 is 1.07 bits per heavy atom. The van der Waals surface area contributed by atoms with Crippen LogP contribution in [0, 0.1) is 29.1 Å². The molecule has 138 valence electrons. The molecule has 3 aromatic rings. The maximum absolute atomic E-state index is 13.8. The maximum Gasteiger partial charge on any atom is 0.200 e. The molecule has 0 bridgehead atoms. The van der Waals surface area contributed by atoms with Crippen LogP contribution in [0.15, 0.2) is 48.5 Å². The number of halogens is 5. The number of phenols is 1. The van der Waals surface area contributed by atoms with E-state index in [1.54, 1.807) is 0 Å². The molecule has 0 radical (unpaired) electrons. The van der Waals surface area contributed by atoms with Crippen LogP contribution in [0.4, 0.5) is 22.0 Å². The van der Waals surface area contributed by atoms with Crippen LogP contribution in [0.1, 0.15) is 15.9 Å². The minimum absolute atomic E-state index is 0.0334. The number of hydrogen-bond donors (Lipinski definition) is 1. The van der Waals surface area contributed by atoms with Crippen LogP contribution in [-0.4, -0.2) is 10.9 Å². The van der Waals surface area contributed by atoms with Crippen molar-refractivity contribution in [3.05, 3.63) is 88.7 Å². The molecule has 3 aromatic carbocycles. The summed E-state index contributed by atoms with van der Waals surface area (Å²) < 4.78 is 72.5. The largest absolute Gasteiger partial charge is 0.508 e. The molecule has 0 saturated carbocycles. The average Bonchev–Trinajstić information content (AvgIpc) is 2.67. The van der Waals surface area contributed by atoms with Crippen LogP contribution in [-0.2, 0) is 0 Å². The lowest BCUT2D eigenvalue weighted by Gasteiger charge is -2.09. The van der Waals surface area contributed by atoms with E-state index in [0.29, 0.717) is 5.75 Å². The second-order valence-corrected chi connectivity index (χ2v) is 5.39. The summed E-state index contributed by atoms with van der Waals surface area (Å²) in [6, 6.07) is 10.5. The number of benzene rings is 3. The molecule has 3 nitrogen and oxygen atoms in total. The van der Waals surface area contributed by atoms with Crippen molar-refractivity contribution in [1.82, 2.24) is 0 Å². The number of carbonyl (C=O) groups is 1. The Kier molecular flexibility index (Phi) is 4.81. The van der Waals surface area contributed by atoms with E-state index >= 15 is 0 Å². The first-order chi connectivity index (χ1) is 12.8. The molecule has 0 aliphatic carbocycles. The third-order valence-electron chi connectivity index (χ3n) is 3.63. The summed E-state index contributed by atoms with van der Waals surface area (Å²) in [6.45, 7) is 0. The van der Waals surface area contributed by atoms with Crippen molar-refractivity contribution in [1.29, 1.82) is 0 Å². The molecule has 1 N–H and O–H groups in total. The second kappa shape index (κ2) is 7.06. The molecule has 0 spiro atoms. The van der Waals surface area contributed by atoms with Gasteiger partial charge in [-0.3, -0.25) is 4.79 Å². The number of rotatable bonds is 4. The Morgan fingerprint density at radius 3 is 1.56 bits per heavy atom. The summed E-state index contributed by atoms with van der Waals surface area (Å²) in [5, 5.41) is 9.20. The van der Waals surface area contributed by atoms with Gasteiger partial charge in [-0.1, -0.05) is 0 Å². The minimum Gasteiger partial charge on any atom is -0.508 e. The first-order valence-corrected chi connectivity index (χ1v) is 7.42. The molecule has 0 saturated heterocycles. The SMILES string of the molecule is O=C(c1ccc(Oc2ccc(O)cc2)cc1)c1c(F)c(F)c(F)c(F)c1F. The molecule has 0 heterocycles. The van der Waals surface area contributed by atoms with Crippen molar-refractivity contribution in [2.75, 3.05) is 0 Å². The summed E-state index contributed by atoms with van der Waals surface area (Å²) >= 11 is 0. The summed E-state index contributed by atoms with van der Waals surface area (Å²) in [5.74, 6) is -11.8. The Balaban J connectivity index is 1.90. The lowest BCUT2D eigenvalue weighted by atomic mass is 10.0. The summed E-state index contributed by atoms with van der Waals surface area (Å²) in [5.41, 5.74) is -1.82. The number of aromatic hydroxyl groups is 1. The van der Waals surface area contributed by atoms with Crippen LogP contribution in [0.5, 0.6) is 17.2 Å². The molecule has 0 aliphatic rings. The minimum atomic E-state index is -2.33. The second-order valence-electron chi connectivity index (χ2n) is 5.39. The van der Waals surface area contributed by atoms with E-state index in [2.05, 4.69) is 0 Å². The van der Waals surface area contributed by atoms with Crippen LogP contribution in [0.3, 0.4) is 0 Å². The fraction of sp³-hybridized carbons (Fsp3) is 0. The van der Waals surface area contributed by atoms with E-state index in [1.165, 1.54) is 36.4 Å². The number of carbonyl (C=O) groups excluding carboxylic acids is 1. The normalized spacial score (nSPS) is 10.7. The van der Waals surface area contributed by atoms with Gasteiger partial charge in [0.1, 0.15) is 22.8 Å². The fourth-order valence-electron chi connectivity index (χ4n) is 2.27. The zero-order valence-electron chi connectivity index (χ0n) is 13.3. The Morgan fingerprint density at radius 1 is 0.667 bits per heavy atom. The highest BCUT2D eigenvalue weighted by Crippen LogP contribution is 2.27. The van der Waals surface area contributed by atoms with Crippen LogP contribution in [0.2, 0.25) is 0 Å². The van der Waals surface area contributed by atoms with Gasteiger partial charge in [0.05, 0.1) is 0 Å². The fourth-order valence-corrected chi connectivity index (χ4v) is 2.27. The molecule has 0 fully saturated rings. The summed E-state index contributed by atoms with van der Waals surface area (Å²) in [6.07, 6.45) is 0. The molecular formula is C19H9F5O3. The van der Waals surface area contributed by atoms with Crippen molar-refractivity contribution in [3.63, 3.8) is 0 Å². The van der Waals surface area contributed by atoms with Crippen molar-refractivity contribution in [2.24, 2.45) is 0 Å². The average molecular weight is 380 g/mol. The van der Waals surface area contributed by atoms with E-state index in [9.17, 15) is 31.9 Å². The van der Waals surface area contributed by atoms with Gasteiger partial charge >= 0.3 is 0 Å². The van der Waals surface area contributed by atoms with Crippen LogP contribution >= 0.6 is 0 Å². The van der Waals surface area contributed by atoms with Gasteiger partial charge in [-0.25, -0.2) is 22.0 Å². The topological polar surface area (TPSA) is 46.5 Å². The predicted octanol–water partition coefficient (Wildman–Crippen LogP) is 5.11. The van der Waals surface area contributed by atoms with E-state index < -0.39 is 40.4 Å². The van der Waals surface area contributed by atoms with Gasteiger partial charge in [0.25, 0.3) is 0 Å². The number of hydrogen-bond acceptors (Lipinski definition) is 3. The monoisotopic (exact) mass is 380 g/mol. The lowest BCUT2D eigenvalue weighted by Crippen LogP contribution is -2.13. The van der Waals surface area contributed by atoms with Crippen molar-refractivity contribution in [3.8, 4) is 17.2 Å². The highest BCUT2D eigenvalue weighted by Gasteiger charge is 2.30. The third kappa shape index (κ3) is 3.46. The van der Waals surface area contributed by atoms with Crippen LogP contribution < -0.4 is 4.74 Å². The summed E-state index contributed by atoms with van der Waals surface area (Å²) in [7, 11) is 0. The predicted molar refractivity (Wildman–Crippen MR) is 84.3 cm³/mol. The van der Waals surface area contributed by atoms with E-state index in [-0.39, 0.29) is 17.1 Å². The highest BCUT2D eigenvalue weighted by molar-refractivity contribution is 6.09. The molecule has 0 aliphatic heterocycles. The maximum atomic E-state index is 13.8. The molecular weight excluding hydrogens is 371 g/mol. The molecule has 0 amide bonds. The molecule has 27 heavy (non-hydrogen) atoms. The van der Waals surface area contributed by atoms with Gasteiger partial charge in [-0.15, -0.1) is 0 Å². The van der Waals surface area contributed by atoms with Gasteiger partial charge in [-0.2, -0.15) is 0 Å². The summed E-state index contributed by atoms with van der Waals surface area (Å²) in [4.78, 5) is 12.2. The van der Waals surface area contributed by atoms with Gasteiger partial charge in [0, 0.05) is 5.56 Å². The van der Waals surface area contributed by atoms with Gasteiger partial charge < -0.3 is 9.84 Å².